The summed E-state index contributed by atoms with van der Waals surface area (Å²) in [7, 11) is 0. The highest BCUT2D eigenvalue weighted by molar-refractivity contribution is 9.10. The molecule has 0 atom stereocenters. The Labute approximate surface area is 149 Å². The van der Waals surface area contributed by atoms with Crippen molar-refractivity contribution in [2.45, 2.75) is 10.9 Å². The molecular weight excluding hydrogens is 397 g/mol. The summed E-state index contributed by atoms with van der Waals surface area (Å²) in [6.45, 7) is 0.241. The Hall–Kier alpha value is -2.06. The molecule has 0 aliphatic carbocycles. The summed E-state index contributed by atoms with van der Waals surface area (Å²) in [6.07, 6.45) is 0. The van der Waals surface area contributed by atoms with Crippen LogP contribution in [0.3, 0.4) is 0 Å². The van der Waals surface area contributed by atoms with Gasteiger partial charge in [0.05, 0.1) is 5.56 Å². The molecule has 1 N–H and O–H groups in total. The van der Waals surface area contributed by atoms with Crippen molar-refractivity contribution in [3.05, 3.63) is 52.3 Å². The number of H-pyrrole nitrogens is 1. The minimum Gasteiger partial charge on any atom is -0.454 e. The number of ether oxygens (including phenoxy) is 2. The largest absolute Gasteiger partial charge is 0.454 e. The fourth-order valence-corrected chi connectivity index (χ4v) is 3.73. The molecule has 24 heavy (non-hydrogen) atoms. The molecular formula is C16H11BrFN3O2S. The molecule has 5 nitrogen and oxygen atoms in total. The lowest BCUT2D eigenvalue weighted by molar-refractivity contribution is 0.174. The van der Waals surface area contributed by atoms with E-state index in [-0.39, 0.29) is 12.6 Å². The van der Waals surface area contributed by atoms with Gasteiger partial charge in [-0.2, -0.15) is 0 Å². The van der Waals surface area contributed by atoms with Gasteiger partial charge in [0, 0.05) is 10.2 Å². The van der Waals surface area contributed by atoms with Crippen LogP contribution in [0.1, 0.15) is 5.56 Å². The minimum atomic E-state index is -0.330. The number of nitrogens with one attached hydrogen (secondary N) is 1. The zero-order chi connectivity index (χ0) is 16.5. The van der Waals surface area contributed by atoms with Gasteiger partial charge in [-0.1, -0.05) is 39.8 Å². The molecule has 122 valence electrons. The van der Waals surface area contributed by atoms with E-state index < -0.39 is 0 Å². The van der Waals surface area contributed by atoms with E-state index in [0.29, 0.717) is 22.3 Å². The number of thioether (sulfide) groups is 1. The van der Waals surface area contributed by atoms with Crippen LogP contribution in [0.5, 0.6) is 11.5 Å². The molecule has 0 spiro atoms. The normalized spacial score (nSPS) is 12.6. The molecule has 2 aromatic carbocycles. The number of hydrogen-bond donors (Lipinski definition) is 1. The van der Waals surface area contributed by atoms with Gasteiger partial charge in [0.25, 0.3) is 0 Å². The van der Waals surface area contributed by atoms with Crippen LogP contribution in [0.25, 0.3) is 11.4 Å². The topological polar surface area (TPSA) is 60.0 Å². The Morgan fingerprint density at radius 3 is 2.83 bits per heavy atom. The van der Waals surface area contributed by atoms with Crippen molar-refractivity contribution in [2.24, 2.45) is 0 Å². The molecule has 0 saturated carbocycles. The number of hydrogen-bond acceptors (Lipinski definition) is 5. The molecule has 1 aliphatic heterocycles. The highest BCUT2D eigenvalue weighted by Gasteiger charge is 2.17. The van der Waals surface area contributed by atoms with Crippen LogP contribution in [0.15, 0.2) is 46.0 Å². The standard InChI is InChI=1S/C16H11BrFN3O2S/c17-11-6-14-13(22-8-23-14)5-9(11)7-24-16-19-15(20-21-16)10-3-1-2-4-12(10)18/h1-6H,7-8H2,(H,19,20,21). The van der Waals surface area contributed by atoms with Crippen LogP contribution in [-0.2, 0) is 5.75 Å². The number of rotatable bonds is 4. The Balaban J connectivity index is 1.50. The maximum atomic E-state index is 13.8. The first-order valence-corrected chi connectivity index (χ1v) is 8.86. The third-order valence-electron chi connectivity index (χ3n) is 3.49. The fraction of sp³-hybridized carbons (Fsp3) is 0.125. The van der Waals surface area contributed by atoms with Gasteiger partial charge < -0.3 is 9.47 Å². The summed E-state index contributed by atoms with van der Waals surface area (Å²) in [6, 6.07) is 10.3. The van der Waals surface area contributed by atoms with E-state index in [0.717, 1.165) is 21.5 Å². The Kier molecular flexibility index (Phi) is 4.15. The summed E-state index contributed by atoms with van der Waals surface area (Å²) >= 11 is 4.98. The Morgan fingerprint density at radius 2 is 2.00 bits per heavy atom. The monoisotopic (exact) mass is 407 g/mol. The SMILES string of the molecule is Fc1ccccc1-c1nc(SCc2cc3c(cc2Br)OCO3)n[nH]1. The van der Waals surface area contributed by atoms with E-state index >= 15 is 0 Å². The zero-order valence-electron chi connectivity index (χ0n) is 12.3. The van der Waals surface area contributed by atoms with Gasteiger partial charge in [-0.15, -0.1) is 5.10 Å². The van der Waals surface area contributed by atoms with E-state index in [1.165, 1.54) is 17.8 Å². The van der Waals surface area contributed by atoms with Crippen LogP contribution in [0.4, 0.5) is 4.39 Å². The van der Waals surface area contributed by atoms with Gasteiger partial charge in [-0.05, 0) is 29.8 Å². The summed E-state index contributed by atoms with van der Waals surface area (Å²) in [5, 5.41) is 7.47. The van der Waals surface area contributed by atoms with E-state index in [2.05, 4.69) is 31.1 Å². The van der Waals surface area contributed by atoms with Gasteiger partial charge in [-0.3, -0.25) is 5.10 Å². The number of benzene rings is 2. The van der Waals surface area contributed by atoms with Crippen molar-refractivity contribution >= 4 is 27.7 Å². The van der Waals surface area contributed by atoms with Crippen molar-refractivity contribution in [3.63, 3.8) is 0 Å². The van der Waals surface area contributed by atoms with Crippen LogP contribution < -0.4 is 9.47 Å². The van der Waals surface area contributed by atoms with Crippen molar-refractivity contribution < 1.29 is 13.9 Å². The van der Waals surface area contributed by atoms with Crippen molar-refractivity contribution in [2.75, 3.05) is 6.79 Å². The lowest BCUT2D eigenvalue weighted by Gasteiger charge is -2.04. The summed E-state index contributed by atoms with van der Waals surface area (Å²) in [5.74, 6) is 2.20. The second-order valence-electron chi connectivity index (χ2n) is 5.03. The number of fused-ring (bicyclic) bond motifs is 1. The number of aromatic nitrogens is 3. The summed E-state index contributed by atoms with van der Waals surface area (Å²) in [5.41, 5.74) is 1.45. The van der Waals surface area contributed by atoms with E-state index in [9.17, 15) is 4.39 Å². The van der Waals surface area contributed by atoms with Gasteiger partial charge in [0.2, 0.25) is 11.9 Å². The lowest BCUT2D eigenvalue weighted by Crippen LogP contribution is -1.92. The van der Waals surface area contributed by atoms with Crippen LogP contribution >= 0.6 is 27.7 Å². The van der Waals surface area contributed by atoms with Crippen LogP contribution in [-0.4, -0.2) is 22.0 Å². The second-order valence-corrected chi connectivity index (χ2v) is 6.83. The van der Waals surface area contributed by atoms with E-state index in [1.807, 2.05) is 12.1 Å². The number of halogens is 2. The van der Waals surface area contributed by atoms with Crippen molar-refractivity contribution in [1.29, 1.82) is 0 Å². The fourth-order valence-electron chi connectivity index (χ4n) is 2.30. The molecule has 0 saturated heterocycles. The second kappa shape index (κ2) is 6.45. The number of aromatic amines is 1. The predicted octanol–water partition coefficient (Wildman–Crippen LogP) is 4.39. The van der Waals surface area contributed by atoms with E-state index in [1.54, 1.807) is 18.2 Å². The van der Waals surface area contributed by atoms with Crippen molar-refractivity contribution in [3.8, 4) is 22.9 Å². The maximum Gasteiger partial charge on any atom is 0.231 e. The number of nitrogens with zero attached hydrogens (tertiary/aromatic N) is 2. The van der Waals surface area contributed by atoms with E-state index in [4.69, 9.17) is 9.47 Å². The Morgan fingerprint density at radius 1 is 1.21 bits per heavy atom. The average Bonchev–Trinajstić information content (AvgIpc) is 3.22. The molecule has 0 radical (unpaired) electrons. The molecule has 3 aromatic rings. The zero-order valence-corrected chi connectivity index (χ0v) is 14.7. The molecule has 8 heteroatoms. The molecule has 4 rings (SSSR count). The third-order valence-corrected chi connectivity index (χ3v) is 5.13. The molecule has 0 fully saturated rings. The quantitative estimate of drug-likeness (QED) is 0.649. The van der Waals surface area contributed by atoms with Gasteiger partial charge >= 0.3 is 0 Å². The first-order valence-electron chi connectivity index (χ1n) is 7.09. The Bertz CT molecular complexity index is 903. The maximum absolute atomic E-state index is 13.8. The highest BCUT2D eigenvalue weighted by atomic mass is 79.9. The van der Waals surface area contributed by atoms with Gasteiger partial charge in [0.15, 0.2) is 17.3 Å². The minimum absolute atomic E-state index is 0.241. The molecule has 0 bridgehead atoms. The van der Waals surface area contributed by atoms with Gasteiger partial charge in [0.1, 0.15) is 5.82 Å². The lowest BCUT2D eigenvalue weighted by atomic mass is 10.2. The van der Waals surface area contributed by atoms with Gasteiger partial charge in [-0.25, -0.2) is 9.37 Å². The highest BCUT2D eigenvalue weighted by Crippen LogP contribution is 2.38. The molecule has 1 aromatic heterocycles. The molecule has 2 heterocycles. The first-order chi connectivity index (χ1) is 11.7. The molecule has 0 unspecified atom stereocenters. The average molecular weight is 408 g/mol. The third kappa shape index (κ3) is 2.99. The molecule has 0 amide bonds. The molecule has 1 aliphatic rings. The van der Waals surface area contributed by atoms with Crippen molar-refractivity contribution in [1.82, 2.24) is 15.2 Å². The summed E-state index contributed by atoms with van der Waals surface area (Å²) < 4.78 is 25.4. The first kappa shape index (κ1) is 15.5. The summed E-state index contributed by atoms with van der Waals surface area (Å²) in [4.78, 5) is 4.34. The smallest absolute Gasteiger partial charge is 0.231 e. The predicted molar refractivity (Wildman–Crippen MR) is 91.6 cm³/mol. The van der Waals surface area contributed by atoms with Crippen LogP contribution in [0.2, 0.25) is 0 Å². The van der Waals surface area contributed by atoms with Crippen LogP contribution in [0, 0.1) is 5.82 Å².